The highest BCUT2D eigenvalue weighted by Crippen LogP contribution is 2.33. The maximum Gasteiger partial charge on any atom is 0.251 e. The predicted octanol–water partition coefficient (Wildman–Crippen LogP) is 3.14. The van der Waals surface area contributed by atoms with Crippen LogP contribution in [0.4, 0.5) is 0 Å². The molecule has 0 saturated carbocycles. The Morgan fingerprint density at radius 3 is 2.45 bits per heavy atom. The Hall–Kier alpha value is -3.04. The molecule has 0 radical (unpaired) electrons. The van der Waals surface area contributed by atoms with Gasteiger partial charge in [-0.2, -0.15) is 5.26 Å². The number of nitrogens with zero attached hydrogens (tertiary/aromatic N) is 2. The highest BCUT2D eigenvalue weighted by molar-refractivity contribution is 5.94. The van der Waals surface area contributed by atoms with Crippen LogP contribution in [0, 0.1) is 11.3 Å². The molecule has 1 amide bonds. The van der Waals surface area contributed by atoms with Crippen molar-refractivity contribution in [2.75, 3.05) is 33.9 Å². The molecule has 0 saturated heterocycles. The van der Waals surface area contributed by atoms with E-state index < -0.39 is 0 Å². The molecule has 6 nitrogen and oxygen atoms in total. The Labute approximate surface area is 172 Å². The van der Waals surface area contributed by atoms with Gasteiger partial charge in [0.2, 0.25) is 0 Å². The van der Waals surface area contributed by atoms with Gasteiger partial charge in [0, 0.05) is 25.2 Å². The van der Waals surface area contributed by atoms with Crippen molar-refractivity contribution in [3.63, 3.8) is 0 Å². The third kappa shape index (κ3) is 5.27. The lowest BCUT2D eigenvalue weighted by molar-refractivity contribution is 0.0952. The van der Waals surface area contributed by atoms with Gasteiger partial charge < -0.3 is 14.8 Å². The zero-order valence-corrected chi connectivity index (χ0v) is 17.0. The van der Waals surface area contributed by atoms with E-state index in [1.807, 2.05) is 0 Å². The van der Waals surface area contributed by atoms with Crippen molar-refractivity contribution >= 4 is 5.91 Å². The van der Waals surface area contributed by atoms with Crippen LogP contribution < -0.4 is 14.8 Å². The highest BCUT2D eigenvalue weighted by Gasteiger charge is 2.19. The molecule has 1 heterocycles. The van der Waals surface area contributed by atoms with Gasteiger partial charge in [-0.3, -0.25) is 9.69 Å². The summed E-state index contributed by atoms with van der Waals surface area (Å²) < 4.78 is 10.8. The molecular formula is C23H27N3O3. The molecule has 1 aliphatic rings. The first-order chi connectivity index (χ1) is 14.1. The Bertz CT molecular complexity index is 887. The minimum absolute atomic E-state index is 0.0950. The van der Waals surface area contributed by atoms with Gasteiger partial charge >= 0.3 is 0 Å². The molecule has 0 aliphatic carbocycles. The van der Waals surface area contributed by atoms with Gasteiger partial charge in [0.1, 0.15) is 0 Å². The molecule has 0 atom stereocenters. The lowest BCUT2D eigenvalue weighted by atomic mass is 9.98. The minimum atomic E-state index is -0.0950. The Morgan fingerprint density at radius 1 is 1.10 bits per heavy atom. The number of methoxy groups -OCH3 is 2. The minimum Gasteiger partial charge on any atom is -0.493 e. The Balaban J connectivity index is 1.41. The van der Waals surface area contributed by atoms with Gasteiger partial charge in [-0.05, 0) is 73.3 Å². The lowest BCUT2D eigenvalue weighted by Crippen LogP contribution is -2.32. The smallest absolute Gasteiger partial charge is 0.251 e. The number of unbranched alkanes of at least 4 members (excludes halogenated alkanes) is 1. The number of nitrogens with one attached hydrogen (secondary N) is 1. The van der Waals surface area contributed by atoms with Crippen LogP contribution in [0.25, 0.3) is 0 Å². The summed E-state index contributed by atoms with van der Waals surface area (Å²) in [4.78, 5) is 14.6. The summed E-state index contributed by atoms with van der Waals surface area (Å²) in [5, 5.41) is 11.8. The fourth-order valence-corrected chi connectivity index (χ4v) is 3.59. The number of nitriles is 1. The van der Waals surface area contributed by atoms with Crippen LogP contribution in [-0.2, 0) is 13.0 Å². The lowest BCUT2D eigenvalue weighted by Gasteiger charge is -2.29. The summed E-state index contributed by atoms with van der Waals surface area (Å²) in [6.07, 6.45) is 2.96. The van der Waals surface area contributed by atoms with Crippen molar-refractivity contribution in [2.24, 2.45) is 0 Å². The van der Waals surface area contributed by atoms with E-state index in [0.29, 0.717) is 17.7 Å². The zero-order chi connectivity index (χ0) is 20.6. The number of amides is 1. The van der Waals surface area contributed by atoms with Crippen molar-refractivity contribution in [3.05, 3.63) is 58.7 Å². The highest BCUT2D eigenvalue weighted by atomic mass is 16.5. The van der Waals surface area contributed by atoms with Crippen molar-refractivity contribution in [3.8, 4) is 17.6 Å². The standard InChI is InChI=1S/C23H27N3O3/c1-28-21-13-19-9-12-26(16-20(19)14-22(21)29-2)11-4-3-10-25-23(27)18-7-5-17(15-24)6-8-18/h5-8,13-14H,3-4,9-12,16H2,1-2H3,(H,25,27). The average Bonchev–Trinajstić information content (AvgIpc) is 2.77. The quantitative estimate of drug-likeness (QED) is 0.698. The molecular weight excluding hydrogens is 366 g/mol. The Kier molecular flexibility index (Phi) is 7.09. The maximum atomic E-state index is 12.1. The fourth-order valence-electron chi connectivity index (χ4n) is 3.59. The molecule has 0 unspecified atom stereocenters. The van der Waals surface area contributed by atoms with Gasteiger partial charge in [-0.15, -0.1) is 0 Å². The molecule has 0 aromatic heterocycles. The summed E-state index contributed by atoms with van der Waals surface area (Å²) in [6, 6.07) is 12.9. The molecule has 2 aromatic carbocycles. The van der Waals surface area contributed by atoms with Gasteiger partial charge in [-0.1, -0.05) is 0 Å². The molecule has 1 aliphatic heterocycles. The van der Waals surface area contributed by atoms with Gasteiger partial charge in [0.25, 0.3) is 5.91 Å². The van der Waals surface area contributed by atoms with Gasteiger partial charge in [-0.25, -0.2) is 0 Å². The molecule has 0 bridgehead atoms. The van der Waals surface area contributed by atoms with Crippen molar-refractivity contribution in [2.45, 2.75) is 25.8 Å². The van der Waals surface area contributed by atoms with E-state index in [9.17, 15) is 4.79 Å². The summed E-state index contributed by atoms with van der Waals surface area (Å²) in [5.74, 6) is 1.47. The number of benzene rings is 2. The van der Waals surface area contributed by atoms with Crippen molar-refractivity contribution < 1.29 is 14.3 Å². The van der Waals surface area contributed by atoms with E-state index in [-0.39, 0.29) is 5.91 Å². The average molecular weight is 393 g/mol. The summed E-state index contributed by atoms with van der Waals surface area (Å²) >= 11 is 0. The van der Waals surface area contributed by atoms with Crippen LogP contribution in [0.2, 0.25) is 0 Å². The largest absolute Gasteiger partial charge is 0.493 e. The van der Waals surface area contributed by atoms with E-state index >= 15 is 0 Å². The van der Waals surface area contributed by atoms with Crippen LogP contribution in [0.3, 0.4) is 0 Å². The van der Waals surface area contributed by atoms with E-state index in [2.05, 4.69) is 28.4 Å². The summed E-state index contributed by atoms with van der Waals surface area (Å²) in [6.45, 7) is 3.59. The first-order valence-electron chi connectivity index (χ1n) is 9.89. The van der Waals surface area contributed by atoms with E-state index in [0.717, 1.165) is 50.4 Å². The molecule has 1 N–H and O–H groups in total. The topological polar surface area (TPSA) is 74.6 Å². The number of rotatable bonds is 8. The normalized spacial score (nSPS) is 13.3. The van der Waals surface area contributed by atoms with Crippen LogP contribution in [0.1, 0.15) is 39.9 Å². The second-order valence-corrected chi connectivity index (χ2v) is 7.15. The van der Waals surface area contributed by atoms with Crippen LogP contribution in [-0.4, -0.2) is 44.7 Å². The fraction of sp³-hybridized carbons (Fsp3) is 0.391. The van der Waals surface area contributed by atoms with Crippen molar-refractivity contribution in [1.29, 1.82) is 5.26 Å². The third-order valence-corrected chi connectivity index (χ3v) is 5.26. The summed E-state index contributed by atoms with van der Waals surface area (Å²) in [5.41, 5.74) is 3.76. The van der Waals surface area contributed by atoms with Gasteiger partial charge in [0.05, 0.1) is 25.9 Å². The second-order valence-electron chi connectivity index (χ2n) is 7.15. The monoisotopic (exact) mass is 393 g/mol. The van der Waals surface area contributed by atoms with Crippen molar-refractivity contribution in [1.82, 2.24) is 10.2 Å². The zero-order valence-electron chi connectivity index (χ0n) is 17.0. The first kappa shape index (κ1) is 20.7. The predicted molar refractivity (Wildman–Crippen MR) is 111 cm³/mol. The molecule has 2 aromatic rings. The van der Waals surface area contributed by atoms with Crippen LogP contribution in [0.5, 0.6) is 11.5 Å². The van der Waals surface area contributed by atoms with Crippen LogP contribution in [0.15, 0.2) is 36.4 Å². The molecule has 29 heavy (non-hydrogen) atoms. The van der Waals surface area contributed by atoms with E-state index in [4.69, 9.17) is 14.7 Å². The number of carbonyl (C=O) groups is 1. The molecule has 6 heteroatoms. The number of fused-ring (bicyclic) bond motifs is 1. The molecule has 0 fully saturated rings. The SMILES string of the molecule is COc1cc2c(cc1OC)CN(CCCCNC(=O)c1ccc(C#N)cc1)CC2. The van der Waals surface area contributed by atoms with E-state index in [1.54, 1.807) is 38.5 Å². The third-order valence-electron chi connectivity index (χ3n) is 5.26. The maximum absolute atomic E-state index is 12.1. The number of carbonyl (C=O) groups excluding carboxylic acids is 1. The Morgan fingerprint density at radius 2 is 1.79 bits per heavy atom. The number of ether oxygens (including phenoxy) is 2. The first-order valence-corrected chi connectivity index (χ1v) is 9.89. The van der Waals surface area contributed by atoms with E-state index in [1.165, 1.54) is 11.1 Å². The molecule has 152 valence electrons. The molecule has 3 rings (SSSR count). The number of hydrogen-bond acceptors (Lipinski definition) is 5. The van der Waals surface area contributed by atoms with Gasteiger partial charge in [0.15, 0.2) is 11.5 Å². The van der Waals surface area contributed by atoms with Crippen LogP contribution >= 0.6 is 0 Å². The molecule has 0 spiro atoms. The summed E-state index contributed by atoms with van der Waals surface area (Å²) in [7, 11) is 3.33. The second kappa shape index (κ2) is 9.94. The number of hydrogen-bond donors (Lipinski definition) is 1.